The summed E-state index contributed by atoms with van der Waals surface area (Å²) in [5, 5.41) is 2.15. The quantitative estimate of drug-likeness (QED) is 0.378. The summed E-state index contributed by atoms with van der Waals surface area (Å²) in [5.41, 5.74) is 7.28. The molecule has 2 radical (unpaired) electrons. The molecule has 4 aromatic carbocycles. The first kappa shape index (κ1) is 15.0. The Labute approximate surface area is 153 Å². The van der Waals surface area contributed by atoms with Crippen LogP contribution in [0.1, 0.15) is 0 Å². The first-order valence-electron chi connectivity index (χ1n) is 8.66. The molecule has 2 heteroatoms. The highest BCUT2D eigenvalue weighted by atomic mass is 16.3. The molecule has 120 valence electrons. The molecule has 1 aromatic heterocycles. The van der Waals surface area contributed by atoms with Crippen LogP contribution in [0.4, 0.5) is 0 Å². The largest absolute Gasteiger partial charge is 0.456 e. The van der Waals surface area contributed by atoms with Gasteiger partial charge in [-0.1, -0.05) is 72.2 Å². The van der Waals surface area contributed by atoms with Crippen molar-refractivity contribution in [2.24, 2.45) is 0 Å². The molecule has 1 heterocycles. The van der Waals surface area contributed by atoms with E-state index in [4.69, 9.17) is 12.3 Å². The lowest BCUT2D eigenvalue weighted by molar-refractivity contribution is 0.669. The summed E-state index contributed by atoms with van der Waals surface area (Å²) in [6, 6.07) is 31.2. The smallest absolute Gasteiger partial charge is 0.135 e. The van der Waals surface area contributed by atoms with Gasteiger partial charge < -0.3 is 4.42 Å². The summed E-state index contributed by atoms with van der Waals surface area (Å²) < 4.78 is 5.94. The lowest BCUT2D eigenvalue weighted by Gasteiger charge is -2.06. The Morgan fingerprint density at radius 2 is 1.12 bits per heavy atom. The van der Waals surface area contributed by atoms with Gasteiger partial charge in [-0.15, -0.1) is 0 Å². The molecular weight excluding hydrogens is 315 g/mol. The third-order valence-electron chi connectivity index (χ3n) is 4.80. The summed E-state index contributed by atoms with van der Waals surface area (Å²) in [6.07, 6.45) is 0. The molecule has 0 fully saturated rings. The molecule has 0 unspecified atom stereocenters. The van der Waals surface area contributed by atoms with E-state index in [1.807, 2.05) is 30.3 Å². The van der Waals surface area contributed by atoms with Gasteiger partial charge in [-0.25, -0.2) is 0 Å². The highest BCUT2D eigenvalue weighted by molar-refractivity contribution is 6.33. The van der Waals surface area contributed by atoms with Crippen LogP contribution < -0.4 is 5.46 Å². The fourth-order valence-electron chi connectivity index (χ4n) is 3.48. The second-order valence-electron chi connectivity index (χ2n) is 6.52. The molecule has 26 heavy (non-hydrogen) atoms. The molecule has 0 aliphatic rings. The number of fused-ring (bicyclic) bond motifs is 3. The van der Waals surface area contributed by atoms with E-state index in [2.05, 4.69) is 60.7 Å². The molecule has 5 aromatic rings. The molecule has 0 bridgehead atoms. The maximum atomic E-state index is 5.97. The highest BCUT2D eigenvalue weighted by Gasteiger charge is 2.09. The van der Waals surface area contributed by atoms with Gasteiger partial charge in [-0.3, -0.25) is 0 Å². The molecule has 0 atom stereocenters. The van der Waals surface area contributed by atoms with Gasteiger partial charge in [0.1, 0.15) is 19.0 Å². The Kier molecular flexibility index (Phi) is 3.43. The Hall–Kier alpha value is -3.26. The third kappa shape index (κ3) is 2.51. The topological polar surface area (TPSA) is 13.1 Å². The predicted molar refractivity (Wildman–Crippen MR) is 110 cm³/mol. The summed E-state index contributed by atoms with van der Waals surface area (Å²) in [6.45, 7) is 0. The number of furan rings is 1. The van der Waals surface area contributed by atoms with Crippen LogP contribution in [0.15, 0.2) is 95.4 Å². The third-order valence-corrected chi connectivity index (χ3v) is 4.80. The molecule has 0 N–H and O–H groups in total. The van der Waals surface area contributed by atoms with Crippen LogP contribution >= 0.6 is 0 Å². The molecule has 0 saturated carbocycles. The van der Waals surface area contributed by atoms with Crippen LogP contribution in [0.2, 0.25) is 0 Å². The van der Waals surface area contributed by atoms with Gasteiger partial charge in [-0.05, 0) is 46.5 Å². The summed E-state index contributed by atoms with van der Waals surface area (Å²) in [7, 11) is 5.97. The van der Waals surface area contributed by atoms with Crippen molar-refractivity contribution in [2.75, 3.05) is 0 Å². The monoisotopic (exact) mass is 330 g/mol. The first-order valence-corrected chi connectivity index (χ1v) is 8.66. The SMILES string of the molecule is [B]c1ccc2oc3ccc(-c4cccc(-c5ccccc5)c4)cc3c2c1. The molecule has 0 aliphatic heterocycles. The standard InChI is InChI=1S/C24H15BO/c25-20-10-12-24-22(15-20)21-14-19(9-11-23(21)26-24)18-8-4-7-17(13-18)16-5-2-1-3-6-16/h1-15H. The minimum Gasteiger partial charge on any atom is -0.456 e. The van der Waals surface area contributed by atoms with Gasteiger partial charge in [0.2, 0.25) is 0 Å². The van der Waals surface area contributed by atoms with Crippen molar-refractivity contribution in [3.63, 3.8) is 0 Å². The van der Waals surface area contributed by atoms with Crippen molar-refractivity contribution in [1.29, 1.82) is 0 Å². The number of hydrogen-bond acceptors (Lipinski definition) is 1. The Balaban J connectivity index is 1.67. The van der Waals surface area contributed by atoms with Gasteiger partial charge >= 0.3 is 0 Å². The molecular formula is C24H15BO. The van der Waals surface area contributed by atoms with E-state index in [1.165, 1.54) is 22.3 Å². The van der Waals surface area contributed by atoms with Gasteiger partial charge in [0.05, 0.1) is 0 Å². The van der Waals surface area contributed by atoms with Crippen molar-refractivity contribution >= 4 is 35.2 Å². The second-order valence-corrected chi connectivity index (χ2v) is 6.52. The maximum absolute atomic E-state index is 5.97. The predicted octanol–water partition coefficient (Wildman–Crippen LogP) is 5.71. The second kappa shape index (κ2) is 5.92. The lowest BCUT2D eigenvalue weighted by atomic mass is 9.94. The fraction of sp³-hybridized carbons (Fsp3) is 0. The molecule has 0 saturated heterocycles. The summed E-state index contributed by atoms with van der Waals surface area (Å²) in [5.74, 6) is 0. The molecule has 0 spiro atoms. The first-order chi connectivity index (χ1) is 12.8. The molecule has 0 amide bonds. The van der Waals surface area contributed by atoms with Crippen molar-refractivity contribution in [1.82, 2.24) is 0 Å². The lowest BCUT2D eigenvalue weighted by Crippen LogP contribution is -1.98. The van der Waals surface area contributed by atoms with E-state index >= 15 is 0 Å². The van der Waals surface area contributed by atoms with E-state index < -0.39 is 0 Å². The number of rotatable bonds is 2. The zero-order valence-electron chi connectivity index (χ0n) is 14.1. The Bertz CT molecular complexity index is 1240. The van der Waals surface area contributed by atoms with Crippen molar-refractivity contribution in [3.05, 3.63) is 91.0 Å². The zero-order valence-corrected chi connectivity index (χ0v) is 14.1. The van der Waals surface area contributed by atoms with Crippen LogP contribution in [0.5, 0.6) is 0 Å². The summed E-state index contributed by atoms with van der Waals surface area (Å²) in [4.78, 5) is 0. The van der Waals surface area contributed by atoms with Crippen LogP contribution in [-0.4, -0.2) is 7.85 Å². The van der Waals surface area contributed by atoms with E-state index in [1.54, 1.807) is 0 Å². The molecule has 1 nitrogen and oxygen atoms in total. The molecule has 5 rings (SSSR count). The summed E-state index contributed by atoms with van der Waals surface area (Å²) >= 11 is 0. The van der Waals surface area contributed by atoms with Crippen molar-refractivity contribution in [3.8, 4) is 22.3 Å². The van der Waals surface area contributed by atoms with Crippen LogP contribution in [0.25, 0.3) is 44.2 Å². The number of benzene rings is 4. The normalized spacial score (nSPS) is 11.2. The highest BCUT2D eigenvalue weighted by Crippen LogP contribution is 2.33. The van der Waals surface area contributed by atoms with Gasteiger partial charge in [-0.2, -0.15) is 0 Å². The van der Waals surface area contributed by atoms with Gasteiger partial charge in [0.25, 0.3) is 0 Å². The van der Waals surface area contributed by atoms with Crippen molar-refractivity contribution < 1.29 is 4.42 Å². The number of hydrogen-bond donors (Lipinski definition) is 0. The van der Waals surface area contributed by atoms with E-state index in [9.17, 15) is 0 Å². The van der Waals surface area contributed by atoms with Crippen LogP contribution in [0.3, 0.4) is 0 Å². The van der Waals surface area contributed by atoms with Gasteiger partial charge in [0, 0.05) is 10.8 Å². The van der Waals surface area contributed by atoms with Crippen molar-refractivity contribution in [2.45, 2.75) is 0 Å². The van der Waals surface area contributed by atoms with Crippen LogP contribution in [0, 0.1) is 0 Å². The maximum Gasteiger partial charge on any atom is 0.135 e. The van der Waals surface area contributed by atoms with E-state index in [0.29, 0.717) is 0 Å². The van der Waals surface area contributed by atoms with Crippen LogP contribution in [-0.2, 0) is 0 Å². The zero-order chi connectivity index (χ0) is 17.5. The van der Waals surface area contributed by atoms with E-state index in [0.717, 1.165) is 27.4 Å². The minimum absolute atomic E-state index is 0.747. The average Bonchev–Trinajstić information content (AvgIpc) is 3.06. The molecule has 0 aliphatic carbocycles. The van der Waals surface area contributed by atoms with Gasteiger partial charge in [0.15, 0.2) is 0 Å². The Morgan fingerprint density at radius 1 is 0.500 bits per heavy atom. The average molecular weight is 330 g/mol. The van der Waals surface area contributed by atoms with E-state index in [-0.39, 0.29) is 0 Å². The minimum atomic E-state index is 0.747. The Morgan fingerprint density at radius 3 is 1.92 bits per heavy atom. The fourth-order valence-corrected chi connectivity index (χ4v) is 3.48.